The van der Waals surface area contributed by atoms with E-state index >= 15 is 0 Å². The molecule has 0 spiro atoms. The van der Waals surface area contributed by atoms with Crippen LogP contribution in [-0.4, -0.2) is 11.7 Å². The zero-order valence-electron chi connectivity index (χ0n) is 12.6. The molecule has 0 saturated carbocycles. The third-order valence-electron chi connectivity index (χ3n) is 3.20. The summed E-state index contributed by atoms with van der Waals surface area (Å²) in [6, 6.07) is 16.4. The van der Waals surface area contributed by atoms with Crippen LogP contribution >= 0.6 is 11.8 Å². The molecule has 2 rings (SSSR count). The monoisotopic (exact) mass is 299 g/mol. The summed E-state index contributed by atoms with van der Waals surface area (Å²) in [6.45, 7) is 4.19. The van der Waals surface area contributed by atoms with Gasteiger partial charge in [0.2, 0.25) is 5.91 Å². The van der Waals surface area contributed by atoms with Crippen molar-refractivity contribution in [3.05, 3.63) is 65.2 Å². The summed E-state index contributed by atoms with van der Waals surface area (Å²) >= 11 is 1.64. The van der Waals surface area contributed by atoms with Gasteiger partial charge in [-0.25, -0.2) is 0 Å². The molecule has 1 N–H and O–H groups in total. The minimum Gasteiger partial charge on any atom is -0.325 e. The molecule has 0 aliphatic carbocycles. The average molecular weight is 299 g/mol. The molecule has 0 aromatic heterocycles. The predicted octanol–water partition coefficient (Wildman–Crippen LogP) is 4.43. The van der Waals surface area contributed by atoms with Gasteiger partial charge in [0.25, 0.3) is 0 Å². The Bertz CT molecular complexity index is 610. The summed E-state index contributed by atoms with van der Waals surface area (Å²) in [5.74, 6) is 1.40. The largest absolute Gasteiger partial charge is 0.325 e. The van der Waals surface area contributed by atoms with E-state index in [4.69, 9.17) is 0 Å². The van der Waals surface area contributed by atoms with Crippen molar-refractivity contribution in [3.63, 3.8) is 0 Å². The van der Waals surface area contributed by atoms with Crippen LogP contribution < -0.4 is 5.32 Å². The van der Waals surface area contributed by atoms with Crippen LogP contribution in [-0.2, 0) is 17.0 Å². The number of rotatable bonds is 6. The minimum absolute atomic E-state index is 0.0564. The number of hydrogen-bond acceptors (Lipinski definition) is 2. The molecule has 0 atom stereocenters. The summed E-state index contributed by atoms with van der Waals surface area (Å²) in [4.78, 5) is 11.9. The molecule has 2 nitrogen and oxygen atoms in total. The number of nitrogens with one attached hydrogen (secondary N) is 1. The van der Waals surface area contributed by atoms with Gasteiger partial charge in [0.15, 0.2) is 0 Å². The lowest BCUT2D eigenvalue weighted by Gasteiger charge is -2.07. The topological polar surface area (TPSA) is 29.1 Å². The number of amides is 1. The molecule has 110 valence electrons. The summed E-state index contributed by atoms with van der Waals surface area (Å²) < 4.78 is 0. The number of anilines is 1. The number of thioether (sulfide) groups is 1. The molecular weight excluding hydrogens is 278 g/mol. The van der Waals surface area contributed by atoms with Crippen LogP contribution in [0, 0.1) is 6.92 Å². The van der Waals surface area contributed by atoms with Crippen LogP contribution in [0.5, 0.6) is 0 Å². The van der Waals surface area contributed by atoms with Crippen molar-refractivity contribution < 1.29 is 4.79 Å². The Morgan fingerprint density at radius 3 is 2.62 bits per heavy atom. The zero-order valence-corrected chi connectivity index (χ0v) is 13.4. The molecule has 0 unspecified atom stereocenters. The van der Waals surface area contributed by atoms with E-state index in [9.17, 15) is 4.79 Å². The van der Waals surface area contributed by atoms with E-state index in [1.165, 1.54) is 16.7 Å². The van der Waals surface area contributed by atoms with Crippen LogP contribution in [0.3, 0.4) is 0 Å². The Labute approximate surface area is 131 Å². The Hall–Kier alpha value is -1.74. The number of aryl methyl sites for hydroxylation is 2. The molecule has 0 bridgehead atoms. The number of carbonyl (C=O) groups is 1. The van der Waals surface area contributed by atoms with Crippen molar-refractivity contribution >= 4 is 23.4 Å². The van der Waals surface area contributed by atoms with Gasteiger partial charge in [0.05, 0.1) is 5.75 Å². The van der Waals surface area contributed by atoms with Crippen molar-refractivity contribution in [1.29, 1.82) is 0 Å². The van der Waals surface area contributed by atoms with Gasteiger partial charge in [0.1, 0.15) is 0 Å². The van der Waals surface area contributed by atoms with Crippen molar-refractivity contribution in [3.8, 4) is 0 Å². The quantitative estimate of drug-likeness (QED) is 0.855. The van der Waals surface area contributed by atoms with E-state index in [0.717, 1.165) is 17.9 Å². The Kier molecular flexibility index (Phi) is 5.88. The molecule has 0 aliphatic rings. The van der Waals surface area contributed by atoms with Gasteiger partial charge < -0.3 is 5.32 Å². The number of hydrogen-bond donors (Lipinski definition) is 1. The second-order valence-electron chi connectivity index (χ2n) is 5.08. The SMILES string of the molecule is CCc1cccc(NC(=O)CSCc2cccc(C)c2)c1. The summed E-state index contributed by atoms with van der Waals surface area (Å²) in [7, 11) is 0. The molecule has 3 heteroatoms. The van der Waals surface area contributed by atoms with E-state index in [-0.39, 0.29) is 5.91 Å². The molecule has 2 aromatic carbocycles. The zero-order chi connectivity index (χ0) is 15.1. The summed E-state index contributed by atoms with van der Waals surface area (Å²) in [5, 5.41) is 2.95. The number of benzene rings is 2. The standard InChI is InChI=1S/C18H21NOS/c1-3-15-7-5-9-17(11-15)19-18(20)13-21-12-16-8-4-6-14(2)10-16/h4-11H,3,12-13H2,1-2H3,(H,19,20). The van der Waals surface area contributed by atoms with Gasteiger partial charge in [0, 0.05) is 11.4 Å². The fourth-order valence-electron chi connectivity index (χ4n) is 2.13. The van der Waals surface area contributed by atoms with Crippen molar-refractivity contribution in [2.75, 3.05) is 11.1 Å². The van der Waals surface area contributed by atoms with Crippen molar-refractivity contribution in [2.24, 2.45) is 0 Å². The lowest BCUT2D eigenvalue weighted by molar-refractivity contribution is -0.113. The first-order chi connectivity index (χ1) is 10.2. The minimum atomic E-state index is 0.0564. The van der Waals surface area contributed by atoms with Crippen LogP contribution in [0.25, 0.3) is 0 Å². The molecular formula is C18H21NOS. The normalized spacial score (nSPS) is 10.4. The highest BCUT2D eigenvalue weighted by Gasteiger charge is 2.03. The van der Waals surface area contributed by atoms with Gasteiger partial charge in [-0.1, -0.05) is 48.9 Å². The maximum Gasteiger partial charge on any atom is 0.234 e. The van der Waals surface area contributed by atoms with Gasteiger partial charge in [-0.2, -0.15) is 0 Å². The third-order valence-corrected chi connectivity index (χ3v) is 4.21. The second-order valence-corrected chi connectivity index (χ2v) is 6.07. The molecule has 2 aromatic rings. The average Bonchev–Trinajstić information content (AvgIpc) is 2.47. The molecule has 0 radical (unpaired) electrons. The highest BCUT2D eigenvalue weighted by Crippen LogP contribution is 2.15. The molecule has 1 amide bonds. The van der Waals surface area contributed by atoms with Gasteiger partial charge in [-0.15, -0.1) is 11.8 Å². The highest BCUT2D eigenvalue weighted by molar-refractivity contribution is 7.99. The maximum atomic E-state index is 11.9. The lowest BCUT2D eigenvalue weighted by atomic mass is 10.1. The van der Waals surface area contributed by atoms with E-state index in [1.807, 2.05) is 18.2 Å². The molecule has 0 fully saturated rings. The first-order valence-electron chi connectivity index (χ1n) is 7.19. The van der Waals surface area contributed by atoms with Crippen LogP contribution in [0.2, 0.25) is 0 Å². The lowest BCUT2D eigenvalue weighted by Crippen LogP contribution is -2.14. The summed E-state index contributed by atoms with van der Waals surface area (Å²) in [5.41, 5.74) is 4.64. The van der Waals surface area contributed by atoms with Crippen molar-refractivity contribution in [2.45, 2.75) is 26.0 Å². The van der Waals surface area contributed by atoms with Gasteiger partial charge in [-0.3, -0.25) is 4.79 Å². The molecule has 21 heavy (non-hydrogen) atoms. The van der Waals surface area contributed by atoms with Crippen LogP contribution in [0.1, 0.15) is 23.6 Å². The van der Waals surface area contributed by atoms with E-state index in [0.29, 0.717) is 5.75 Å². The fraction of sp³-hybridized carbons (Fsp3) is 0.278. The van der Waals surface area contributed by atoms with E-state index in [1.54, 1.807) is 11.8 Å². The Morgan fingerprint density at radius 1 is 1.10 bits per heavy atom. The predicted molar refractivity (Wildman–Crippen MR) is 91.8 cm³/mol. The first-order valence-corrected chi connectivity index (χ1v) is 8.35. The van der Waals surface area contributed by atoms with Crippen LogP contribution in [0.15, 0.2) is 48.5 Å². The number of carbonyl (C=O) groups excluding carboxylic acids is 1. The third kappa shape index (κ3) is 5.27. The fourth-order valence-corrected chi connectivity index (χ4v) is 2.90. The molecule has 0 heterocycles. The highest BCUT2D eigenvalue weighted by atomic mass is 32.2. The first kappa shape index (κ1) is 15.6. The van der Waals surface area contributed by atoms with Gasteiger partial charge in [-0.05, 0) is 36.6 Å². The molecule has 0 aliphatic heterocycles. The van der Waals surface area contributed by atoms with E-state index in [2.05, 4.69) is 49.5 Å². The van der Waals surface area contributed by atoms with E-state index < -0.39 is 0 Å². The smallest absolute Gasteiger partial charge is 0.234 e. The van der Waals surface area contributed by atoms with Gasteiger partial charge >= 0.3 is 0 Å². The Balaban J connectivity index is 1.79. The molecule has 0 saturated heterocycles. The second kappa shape index (κ2) is 7.89. The maximum absolute atomic E-state index is 11.9. The Morgan fingerprint density at radius 2 is 1.86 bits per heavy atom. The van der Waals surface area contributed by atoms with Crippen LogP contribution in [0.4, 0.5) is 5.69 Å². The van der Waals surface area contributed by atoms with Crippen molar-refractivity contribution in [1.82, 2.24) is 0 Å². The summed E-state index contributed by atoms with van der Waals surface area (Å²) in [6.07, 6.45) is 0.978.